The van der Waals surface area contributed by atoms with Crippen LogP contribution in [0.3, 0.4) is 0 Å². The summed E-state index contributed by atoms with van der Waals surface area (Å²) >= 11 is 0. The third kappa shape index (κ3) is 10.8. The molecule has 0 saturated carbocycles. The number of ether oxygens (including phenoxy) is 4. The van der Waals surface area contributed by atoms with Crippen molar-refractivity contribution in [2.45, 2.75) is 231 Å². The first kappa shape index (κ1) is 53.4. The van der Waals surface area contributed by atoms with Gasteiger partial charge in [0.2, 0.25) is 0 Å². The number of hydrogen-bond donors (Lipinski definition) is 4. The molecule has 4 aliphatic heterocycles. The van der Waals surface area contributed by atoms with Crippen LogP contribution < -0.4 is 0 Å². The Morgan fingerprint density at radius 3 is 0.765 bits per heavy atom. The lowest BCUT2D eigenvalue weighted by atomic mass is 9.80. The van der Waals surface area contributed by atoms with E-state index in [0.29, 0.717) is 51.4 Å². The van der Waals surface area contributed by atoms with Gasteiger partial charge in [-0.3, -0.25) is 0 Å². The zero-order valence-corrected chi connectivity index (χ0v) is 43.3. The van der Waals surface area contributed by atoms with Gasteiger partial charge in [-0.1, -0.05) is 0 Å². The van der Waals surface area contributed by atoms with Gasteiger partial charge in [0.25, 0.3) is 0 Å². The smallest absolute Gasteiger partial charge is 0.339 e. The summed E-state index contributed by atoms with van der Waals surface area (Å²) in [6.45, 7) is 29.8. The Balaban J connectivity index is 1.46. The first-order chi connectivity index (χ1) is 30.9. The van der Waals surface area contributed by atoms with Gasteiger partial charge in [-0.2, -0.15) is 20.3 Å². The van der Waals surface area contributed by atoms with Crippen molar-refractivity contribution in [2.75, 3.05) is 0 Å². The number of hydrogen-bond acceptors (Lipinski definition) is 16. The Morgan fingerprint density at radius 1 is 0.368 bits per heavy atom. The average molecular weight is 951 g/mol. The van der Waals surface area contributed by atoms with E-state index in [4.69, 9.17) is 18.9 Å². The summed E-state index contributed by atoms with van der Waals surface area (Å²) in [7, 11) is 0. The summed E-state index contributed by atoms with van der Waals surface area (Å²) < 4.78 is 24.8. The van der Waals surface area contributed by atoms with Crippen molar-refractivity contribution in [1.29, 1.82) is 0 Å². The Hall–Kier alpha value is -4.00. The molecule has 4 heterocycles. The highest BCUT2D eigenvalue weighted by atomic mass is 16.6. The Morgan fingerprint density at radius 2 is 0.559 bits per heavy atom. The molecular weight excluding hydrogens is 873 g/mol. The highest BCUT2D eigenvalue weighted by Crippen LogP contribution is 2.43. The SMILES string of the molecule is CC1(C)CC(OC(=O)c2ccc(C(=O)OC3CC(C)(C)N(O)C(C)(C)C3)c(-c3cc(C(=O)OC4CC(C)(C)N(O)C(C)(C)C4)ccc3C(=O)OC3CC(C)(C)N(O)C(C)(C)C3)c2)CC(C)(C)N1O. The molecule has 4 aliphatic rings. The van der Waals surface area contributed by atoms with E-state index in [1.165, 1.54) is 56.7 Å². The van der Waals surface area contributed by atoms with Gasteiger partial charge in [-0.25, -0.2) is 19.2 Å². The number of piperidine rings is 4. The van der Waals surface area contributed by atoms with Crippen LogP contribution in [0.2, 0.25) is 0 Å². The zero-order valence-electron chi connectivity index (χ0n) is 43.3. The second-order valence-corrected chi connectivity index (χ2v) is 25.0. The number of esters is 4. The quantitative estimate of drug-likeness (QED) is 0.137. The predicted molar refractivity (Wildman–Crippen MR) is 253 cm³/mol. The van der Waals surface area contributed by atoms with E-state index < -0.39 is 92.6 Å². The van der Waals surface area contributed by atoms with Gasteiger partial charge >= 0.3 is 23.9 Å². The van der Waals surface area contributed by atoms with Crippen molar-refractivity contribution < 1.29 is 59.0 Å². The van der Waals surface area contributed by atoms with Crippen LogP contribution in [-0.4, -0.2) is 134 Å². The fraction of sp³-hybridized carbons (Fsp3) is 0.692. The van der Waals surface area contributed by atoms with Gasteiger partial charge in [0, 0.05) is 95.7 Å². The van der Waals surface area contributed by atoms with Crippen LogP contribution in [0.5, 0.6) is 0 Å². The molecule has 0 aromatic heterocycles. The van der Waals surface area contributed by atoms with E-state index in [9.17, 15) is 40.0 Å². The highest BCUT2D eigenvalue weighted by molar-refractivity contribution is 6.06. The van der Waals surface area contributed by atoms with Crippen LogP contribution >= 0.6 is 0 Å². The first-order valence-corrected chi connectivity index (χ1v) is 24.0. The molecule has 0 atom stereocenters. The van der Waals surface area contributed by atoms with E-state index in [0.717, 1.165) is 0 Å². The minimum atomic E-state index is -0.756. The summed E-state index contributed by atoms with van der Waals surface area (Å²) in [6.07, 6.45) is 0.140. The Labute approximate surface area is 402 Å². The van der Waals surface area contributed by atoms with Crippen LogP contribution in [0, 0.1) is 0 Å². The van der Waals surface area contributed by atoms with Crippen LogP contribution in [0.25, 0.3) is 11.1 Å². The summed E-state index contributed by atoms with van der Waals surface area (Å²) in [5, 5.41) is 49.1. The number of carbonyl (C=O) groups excluding carboxylic acids is 4. The number of hydroxylamine groups is 8. The molecule has 0 spiro atoms. The molecule has 68 heavy (non-hydrogen) atoms. The molecule has 16 heteroatoms. The van der Waals surface area contributed by atoms with Crippen LogP contribution in [-0.2, 0) is 18.9 Å². The standard InChI is InChI=1S/C52H78N4O12/c1-45(2)23-33(24-46(3,4)53(45)61)65-41(57)31-17-19-37(43(59)67-35-27-49(9,10)55(63)50(11,12)28-35)39(21-31)40-22-32(42(58)66-34-25-47(5,6)54(62)48(7,8)26-34)18-20-38(40)44(60)68-36-29-51(13,14)56(64)52(15,16)30-36/h17-22,33-36,61-64H,23-30H2,1-16H3. The fourth-order valence-corrected chi connectivity index (χ4v) is 12.1. The molecular formula is C52H78N4O12. The van der Waals surface area contributed by atoms with Crippen molar-refractivity contribution in [3.63, 3.8) is 0 Å². The largest absolute Gasteiger partial charge is 0.459 e. The van der Waals surface area contributed by atoms with Gasteiger partial charge < -0.3 is 39.8 Å². The average Bonchev–Trinajstić information content (AvgIpc) is 3.18. The van der Waals surface area contributed by atoms with Crippen molar-refractivity contribution in [3.05, 3.63) is 58.7 Å². The predicted octanol–water partition coefficient (Wildman–Crippen LogP) is 9.62. The summed E-state index contributed by atoms with van der Waals surface area (Å²) in [5.41, 5.74) is -5.59. The van der Waals surface area contributed by atoms with Crippen molar-refractivity contribution in [1.82, 2.24) is 20.3 Å². The zero-order chi connectivity index (χ0) is 51.1. The number of carbonyl (C=O) groups is 4. The van der Waals surface area contributed by atoms with Crippen LogP contribution in [0.15, 0.2) is 36.4 Å². The molecule has 2 aromatic carbocycles. The molecule has 16 nitrogen and oxygen atoms in total. The van der Waals surface area contributed by atoms with E-state index in [1.807, 2.05) is 111 Å². The fourth-order valence-electron chi connectivity index (χ4n) is 12.1. The van der Waals surface area contributed by atoms with Gasteiger partial charge in [0.1, 0.15) is 24.4 Å². The third-order valence-corrected chi connectivity index (χ3v) is 14.7. The lowest BCUT2D eigenvalue weighted by Crippen LogP contribution is -2.60. The molecule has 4 N–H and O–H groups in total. The molecule has 4 saturated heterocycles. The molecule has 6 rings (SSSR count). The molecule has 0 amide bonds. The maximum Gasteiger partial charge on any atom is 0.339 e. The monoisotopic (exact) mass is 951 g/mol. The van der Waals surface area contributed by atoms with Crippen LogP contribution in [0.1, 0.15) is 204 Å². The summed E-state index contributed by atoms with van der Waals surface area (Å²) in [5.74, 6) is -2.91. The minimum absolute atomic E-state index is 0.00585. The second kappa shape index (κ2) is 18.0. The number of nitrogens with zero attached hydrogens (tertiary/aromatic N) is 4. The first-order valence-electron chi connectivity index (χ1n) is 24.0. The van der Waals surface area contributed by atoms with Gasteiger partial charge in [0.15, 0.2) is 0 Å². The highest BCUT2D eigenvalue weighted by Gasteiger charge is 2.50. The van der Waals surface area contributed by atoms with Crippen LogP contribution in [0.4, 0.5) is 0 Å². The van der Waals surface area contributed by atoms with Gasteiger partial charge in [0.05, 0.1) is 22.3 Å². The molecule has 0 radical (unpaired) electrons. The maximum atomic E-state index is 14.7. The van der Waals surface area contributed by atoms with E-state index >= 15 is 0 Å². The minimum Gasteiger partial charge on any atom is -0.459 e. The molecule has 0 unspecified atom stereocenters. The normalized spacial score (nSPS) is 25.3. The van der Waals surface area contributed by atoms with Crippen molar-refractivity contribution in [3.8, 4) is 11.1 Å². The molecule has 4 fully saturated rings. The lowest BCUT2D eigenvalue weighted by Gasteiger charge is -2.51. The van der Waals surface area contributed by atoms with E-state index in [-0.39, 0.29) is 33.4 Å². The third-order valence-electron chi connectivity index (χ3n) is 14.7. The molecule has 0 aliphatic carbocycles. The number of rotatable bonds is 9. The molecule has 2 aromatic rings. The Bertz CT molecular complexity index is 2050. The van der Waals surface area contributed by atoms with Crippen molar-refractivity contribution in [2.24, 2.45) is 0 Å². The number of benzene rings is 2. The van der Waals surface area contributed by atoms with Gasteiger partial charge in [-0.15, -0.1) is 0 Å². The topological polar surface area (TPSA) is 199 Å². The summed E-state index contributed by atoms with van der Waals surface area (Å²) in [6, 6.07) is 8.74. The van der Waals surface area contributed by atoms with Crippen molar-refractivity contribution >= 4 is 23.9 Å². The summed E-state index contributed by atoms with van der Waals surface area (Å²) in [4.78, 5) is 57.9. The second-order valence-electron chi connectivity index (χ2n) is 25.0. The van der Waals surface area contributed by atoms with E-state index in [2.05, 4.69) is 0 Å². The Kier molecular flexibility index (Phi) is 14.1. The van der Waals surface area contributed by atoms with E-state index in [1.54, 1.807) is 0 Å². The lowest BCUT2D eigenvalue weighted by molar-refractivity contribution is -0.256. The van der Waals surface area contributed by atoms with Gasteiger partial charge in [-0.05, 0) is 158 Å². The molecule has 0 bridgehead atoms. The molecule has 378 valence electrons. The maximum absolute atomic E-state index is 14.7.